The van der Waals surface area contributed by atoms with Gasteiger partial charge in [0.2, 0.25) is 0 Å². The molecule has 5 heteroatoms. The number of hydrogen-bond donors (Lipinski definition) is 1. The summed E-state index contributed by atoms with van der Waals surface area (Å²) in [4.78, 5) is 0. The summed E-state index contributed by atoms with van der Waals surface area (Å²) < 4.78 is 38.1. The summed E-state index contributed by atoms with van der Waals surface area (Å²) in [5.41, 5.74) is 0.110. The molecule has 0 bridgehead atoms. The third-order valence-electron chi connectivity index (χ3n) is 3.60. The van der Waals surface area contributed by atoms with Crippen molar-refractivity contribution in [2.24, 2.45) is 0 Å². The third-order valence-corrected chi connectivity index (χ3v) is 3.60. The van der Waals surface area contributed by atoms with Crippen LogP contribution in [0.2, 0.25) is 0 Å². The van der Waals surface area contributed by atoms with E-state index in [9.17, 15) is 13.2 Å². The van der Waals surface area contributed by atoms with Crippen LogP contribution in [0.5, 0.6) is 0 Å². The molecule has 1 aromatic carbocycles. The SMILES string of the molecule is N#CCN[C@@H]1CCC[C@@H]1c1cccc(C(F)(F)F)c1. The molecule has 0 aliphatic heterocycles. The van der Waals surface area contributed by atoms with Crippen LogP contribution in [0.15, 0.2) is 24.3 Å². The first kappa shape index (κ1) is 13.9. The van der Waals surface area contributed by atoms with Gasteiger partial charge in [-0.3, -0.25) is 0 Å². The van der Waals surface area contributed by atoms with Crippen molar-refractivity contribution in [3.05, 3.63) is 35.4 Å². The molecular weight excluding hydrogens is 253 g/mol. The lowest BCUT2D eigenvalue weighted by Gasteiger charge is -2.21. The van der Waals surface area contributed by atoms with Crippen LogP contribution in [0.1, 0.15) is 36.3 Å². The molecule has 1 aromatic rings. The van der Waals surface area contributed by atoms with Crippen molar-refractivity contribution in [3.8, 4) is 6.07 Å². The zero-order chi connectivity index (χ0) is 13.9. The molecule has 0 spiro atoms. The Kier molecular flexibility index (Phi) is 4.11. The van der Waals surface area contributed by atoms with E-state index in [0.717, 1.165) is 25.3 Å². The van der Waals surface area contributed by atoms with Gasteiger partial charge in [0.05, 0.1) is 18.2 Å². The number of rotatable bonds is 3. The number of halogens is 3. The molecule has 1 aliphatic carbocycles. The molecule has 0 aromatic heterocycles. The van der Waals surface area contributed by atoms with Crippen molar-refractivity contribution in [2.45, 2.75) is 37.4 Å². The maximum absolute atomic E-state index is 12.7. The van der Waals surface area contributed by atoms with Crippen molar-refractivity contribution in [1.29, 1.82) is 5.26 Å². The molecule has 19 heavy (non-hydrogen) atoms. The number of hydrogen-bond acceptors (Lipinski definition) is 2. The van der Waals surface area contributed by atoms with E-state index in [0.29, 0.717) is 5.56 Å². The second kappa shape index (κ2) is 5.62. The highest BCUT2D eigenvalue weighted by atomic mass is 19.4. The monoisotopic (exact) mass is 268 g/mol. The first-order valence-corrected chi connectivity index (χ1v) is 6.30. The Balaban J connectivity index is 2.19. The van der Waals surface area contributed by atoms with E-state index in [1.807, 2.05) is 6.07 Å². The van der Waals surface area contributed by atoms with E-state index >= 15 is 0 Å². The number of alkyl halides is 3. The van der Waals surface area contributed by atoms with Crippen molar-refractivity contribution in [3.63, 3.8) is 0 Å². The molecule has 0 unspecified atom stereocenters. The quantitative estimate of drug-likeness (QED) is 0.852. The maximum atomic E-state index is 12.7. The summed E-state index contributed by atoms with van der Waals surface area (Å²) in [6.07, 6.45) is -1.55. The zero-order valence-electron chi connectivity index (χ0n) is 10.4. The summed E-state index contributed by atoms with van der Waals surface area (Å²) in [5.74, 6) is 0.0654. The molecule has 0 amide bonds. The van der Waals surface area contributed by atoms with Crippen LogP contribution in [0.25, 0.3) is 0 Å². The highest BCUT2D eigenvalue weighted by Gasteiger charge is 2.33. The van der Waals surface area contributed by atoms with Crippen molar-refractivity contribution < 1.29 is 13.2 Å². The molecule has 2 rings (SSSR count). The Morgan fingerprint density at radius 1 is 1.32 bits per heavy atom. The van der Waals surface area contributed by atoms with Crippen molar-refractivity contribution in [1.82, 2.24) is 5.32 Å². The van der Waals surface area contributed by atoms with Gasteiger partial charge in [-0.2, -0.15) is 18.4 Å². The number of benzene rings is 1. The first-order valence-electron chi connectivity index (χ1n) is 6.30. The van der Waals surface area contributed by atoms with Crippen molar-refractivity contribution in [2.75, 3.05) is 6.54 Å². The van der Waals surface area contributed by atoms with E-state index in [1.54, 1.807) is 6.07 Å². The van der Waals surface area contributed by atoms with Gasteiger partial charge in [-0.15, -0.1) is 0 Å². The minimum Gasteiger partial charge on any atom is -0.301 e. The minimum atomic E-state index is -4.30. The first-order chi connectivity index (χ1) is 9.02. The third kappa shape index (κ3) is 3.27. The number of nitrogens with one attached hydrogen (secondary N) is 1. The summed E-state index contributed by atoms with van der Waals surface area (Å²) in [7, 11) is 0. The lowest BCUT2D eigenvalue weighted by atomic mass is 9.92. The average Bonchev–Trinajstić information content (AvgIpc) is 2.83. The van der Waals surface area contributed by atoms with E-state index in [1.165, 1.54) is 12.1 Å². The van der Waals surface area contributed by atoms with Crippen LogP contribution in [0, 0.1) is 11.3 Å². The molecule has 0 heterocycles. The molecule has 1 aliphatic rings. The minimum absolute atomic E-state index is 0.0654. The number of nitriles is 1. The Morgan fingerprint density at radius 2 is 2.11 bits per heavy atom. The van der Waals surface area contributed by atoms with E-state index in [4.69, 9.17) is 5.26 Å². The van der Waals surface area contributed by atoms with E-state index < -0.39 is 11.7 Å². The van der Waals surface area contributed by atoms with Gasteiger partial charge in [0.15, 0.2) is 0 Å². The molecule has 2 nitrogen and oxygen atoms in total. The maximum Gasteiger partial charge on any atom is 0.416 e. The Hall–Kier alpha value is -1.54. The van der Waals surface area contributed by atoms with Gasteiger partial charge >= 0.3 is 6.18 Å². The van der Waals surface area contributed by atoms with Crippen LogP contribution in [-0.4, -0.2) is 12.6 Å². The Labute approximate surface area is 110 Å². The molecule has 102 valence electrons. The van der Waals surface area contributed by atoms with Gasteiger partial charge < -0.3 is 5.32 Å². The predicted octanol–water partition coefficient (Wildman–Crippen LogP) is 3.45. The zero-order valence-corrected chi connectivity index (χ0v) is 10.4. The molecule has 2 atom stereocenters. The lowest BCUT2D eigenvalue weighted by molar-refractivity contribution is -0.137. The summed E-state index contributed by atoms with van der Waals surface area (Å²) in [5, 5.41) is 11.7. The normalized spacial score (nSPS) is 23.3. The summed E-state index contributed by atoms with van der Waals surface area (Å²) in [6.45, 7) is 0.236. The standard InChI is InChI=1S/C14H15F3N2/c15-14(16,17)11-4-1-3-10(9-11)12-5-2-6-13(12)19-8-7-18/h1,3-4,9,12-13,19H,2,5-6,8H2/t12-,13-/m1/s1. The predicted molar refractivity (Wildman–Crippen MR) is 65.4 cm³/mol. The van der Waals surface area contributed by atoms with Gasteiger partial charge in [-0.05, 0) is 30.4 Å². The molecular formula is C14H15F3N2. The van der Waals surface area contributed by atoms with Gasteiger partial charge in [-0.25, -0.2) is 0 Å². The molecule has 1 fully saturated rings. The largest absolute Gasteiger partial charge is 0.416 e. The molecule has 1 N–H and O–H groups in total. The Bertz CT molecular complexity index is 476. The topological polar surface area (TPSA) is 35.8 Å². The highest BCUT2D eigenvalue weighted by molar-refractivity contribution is 5.30. The summed E-state index contributed by atoms with van der Waals surface area (Å²) >= 11 is 0. The lowest BCUT2D eigenvalue weighted by Crippen LogP contribution is -2.31. The van der Waals surface area contributed by atoms with Crippen molar-refractivity contribution >= 4 is 0 Å². The van der Waals surface area contributed by atoms with Crippen LogP contribution in [0.4, 0.5) is 13.2 Å². The Morgan fingerprint density at radius 3 is 2.79 bits per heavy atom. The summed E-state index contributed by atoms with van der Waals surface area (Å²) in [6, 6.07) is 7.64. The van der Waals surface area contributed by atoms with Gasteiger partial charge in [0.1, 0.15) is 0 Å². The highest BCUT2D eigenvalue weighted by Crippen LogP contribution is 2.37. The number of nitrogens with zero attached hydrogens (tertiary/aromatic N) is 1. The van der Waals surface area contributed by atoms with Crippen LogP contribution in [-0.2, 0) is 6.18 Å². The van der Waals surface area contributed by atoms with E-state index in [2.05, 4.69) is 5.32 Å². The fourth-order valence-corrected chi connectivity index (χ4v) is 2.73. The fraction of sp³-hybridized carbons (Fsp3) is 0.500. The van der Waals surface area contributed by atoms with E-state index in [-0.39, 0.29) is 18.5 Å². The molecule has 0 saturated heterocycles. The molecule has 0 radical (unpaired) electrons. The smallest absolute Gasteiger partial charge is 0.301 e. The fourth-order valence-electron chi connectivity index (χ4n) is 2.73. The van der Waals surface area contributed by atoms with Gasteiger partial charge in [0.25, 0.3) is 0 Å². The van der Waals surface area contributed by atoms with Crippen LogP contribution < -0.4 is 5.32 Å². The second-order valence-electron chi connectivity index (χ2n) is 4.81. The molecule has 1 saturated carbocycles. The van der Waals surface area contributed by atoms with Crippen LogP contribution >= 0.6 is 0 Å². The van der Waals surface area contributed by atoms with Gasteiger partial charge in [-0.1, -0.05) is 24.6 Å². The van der Waals surface area contributed by atoms with Gasteiger partial charge in [0, 0.05) is 6.04 Å². The van der Waals surface area contributed by atoms with Crippen LogP contribution in [0.3, 0.4) is 0 Å². The second-order valence-corrected chi connectivity index (χ2v) is 4.81. The average molecular weight is 268 g/mol.